The van der Waals surface area contributed by atoms with Crippen LogP contribution in [0.1, 0.15) is 16.7 Å². The molecular weight excluding hydrogens is 464 g/mol. The fourth-order valence-corrected chi connectivity index (χ4v) is 3.58. The summed E-state index contributed by atoms with van der Waals surface area (Å²) in [5.74, 6) is 0.315. The fourth-order valence-electron chi connectivity index (χ4n) is 2.56. The topological polar surface area (TPSA) is 33.0 Å². The van der Waals surface area contributed by atoms with Crippen molar-refractivity contribution in [3.8, 4) is 11.8 Å². The summed E-state index contributed by atoms with van der Waals surface area (Å²) in [5, 5.41) is 10.4. The van der Waals surface area contributed by atoms with Gasteiger partial charge in [0.2, 0.25) is 0 Å². The van der Waals surface area contributed by atoms with Crippen LogP contribution in [0.3, 0.4) is 0 Å². The van der Waals surface area contributed by atoms with Crippen molar-refractivity contribution < 1.29 is 9.13 Å². The Hall–Kier alpha value is -2.32. The first-order valence-corrected chi connectivity index (χ1v) is 9.75. The van der Waals surface area contributed by atoms with Crippen molar-refractivity contribution in [3.63, 3.8) is 0 Å². The van der Waals surface area contributed by atoms with Gasteiger partial charge in [0.25, 0.3) is 0 Å². The fraction of sp³-hybridized carbons (Fsp3) is 0.0455. The van der Waals surface area contributed by atoms with Crippen LogP contribution in [0.5, 0.6) is 5.75 Å². The van der Waals surface area contributed by atoms with Crippen molar-refractivity contribution in [3.05, 3.63) is 97.7 Å². The molecule has 0 unspecified atom stereocenters. The molecule has 0 heterocycles. The zero-order valence-corrected chi connectivity index (χ0v) is 17.5. The normalized spacial score (nSPS) is 11.2. The molecule has 0 bridgehead atoms. The standard InChI is InChI=1S/C22H13BrCl2FNO/c23-20-10-14(8-16(12-27)19-6-5-17(24)11-21(19)25)4-7-22(20)28-13-15-2-1-3-18(26)9-15/h1-11H,13H2/b16-8+. The van der Waals surface area contributed by atoms with Crippen molar-refractivity contribution >= 4 is 50.8 Å². The second-order valence-corrected chi connectivity index (χ2v) is 7.60. The summed E-state index contributed by atoms with van der Waals surface area (Å²) in [6, 6.07) is 18.9. The van der Waals surface area contributed by atoms with Crippen LogP contribution in [-0.4, -0.2) is 0 Å². The molecule has 0 spiro atoms. The average molecular weight is 477 g/mol. The summed E-state index contributed by atoms with van der Waals surface area (Å²) in [7, 11) is 0. The Labute approximate surface area is 180 Å². The molecule has 0 saturated carbocycles. The van der Waals surface area contributed by atoms with Crippen LogP contribution in [0.4, 0.5) is 4.39 Å². The molecule has 3 aromatic carbocycles. The van der Waals surface area contributed by atoms with Crippen LogP contribution in [-0.2, 0) is 6.61 Å². The lowest BCUT2D eigenvalue weighted by Crippen LogP contribution is -1.96. The van der Waals surface area contributed by atoms with Gasteiger partial charge in [0.05, 0.1) is 21.1 Å². The molecule has 6 heteroatoms. The zero-order chi connectivity index (χ0) is 20.1. The largest absolute Gasteiger partial charge is 0.488 e. The molecule has 0 atom stereocenters. The van der Waals surface area contributed by atoms with Crippen molar-refractivity contribution in [2.45, 2.75) is 6.61 Å². The molecule has 0 amide bonds. The van der Waals surface area contributed by atoms with E-state index in [2.05, 4.69) is 22.0 Å². The lowest BCUT2D eigenvalue weighted by molar-refractivity contribution is 0.303. The number of allylic oxidation sites excluding steroid dienone is 1. The number of ether oxygens (including phenoxy) is 1. The third-order valence-corrected chi connectivity index (χ3v) is 5.06. The van der Waals surface area contributed by atoms with Gasteiger partial charge in [-0.25, -0.2) is 4.39 Å². The number of halogens is 4. The molecule has 0 aliphatic heterocycles. The minimum Gasteiger partial charge on any atom is -0.488 e. The Morgan fingerprint density at radius 1 is 1.11 bits per heavy atom. The van der Waals surface area contributed by atoms with E-state index in [9.17, 15) is 9.65 Å². The molecular formula is C22H13BrCl2FNO. The maximum Gasteiger partial charge on any atom is 0.134 e. The van der Waals surface area contributed by atoms with Gasteiger partial charge in [-0.3, -0.25) is 0 Å². The van der Waals surface area contributed by atoms with E-state index in [1.54, 1.807) is 42.5 Å². The molecule has 140 valence electrons. The molecule has 0 fully saturated rings. The van der Waals surface area contributed by atoms with Gasteiger partial charge in [-0.1, -0.05) is 47.5 Å². The minimum atomic E-state index is -0.300. The van der Waals surface area contributed by atoms with Gasteiger partial charge < -0.3 is 4.74 Å². The lowest BCUT2D eigenvalue weighted by atomic mass is 10.0. The molecule has 0 aliphatic rings. The molecule has 28 heavy (non-hydrogen) atoms. The number of benzene rings is 3. The first-order valence-electron chi connectivity index (χ1n) is 8.20. The van der Waals surface area contributed by atoms with E-state index in [4.69, 9.17) is 27.9 Å². The second kappa shape index (κ2) is 9.25. The monoisotopic (exact) mass is 475 g/mol. The van der Waals surface area contributed by atoms with Gasteiger partial charge in [-0.2, -0.15) is 5.26 Å². The van der Waals surface area contributed by atoms with E-state index in [1.165, 1.54) is 12.1 Å². The molecule has 0 radical (unpaired) electrons. The Morgan fingerprint density at radius 3 is 2.61 bits per heavy atom. The van der Waals surface area contributed by atoms with E-state index in [1.807, 2.05) is 12.1 Å². The highest BCUT2D eigenvalue weighted by molar-refractivity contribution is 9.10. The van der Waals surface area contributed by atoms with Gasteiger partial charge in [-0.05, 0) is 69.5 Å². The van der Waals surface area contributed by atoms with E-state index in [-0.39, 0.29) is 12.4 Å². The third kappa shape index (κ3) is 5.14. The van der Waals surface area contributed by atoms with Crippen LogP contribution in [0.2, 0.25) is 10.0 Å². The molecule has 0 N–H and O–H groups in total. The highest BCUT2D eigenvalue weighted by Crippen LogP contribution is 2.31. The first kappa shape index (κ1) is 20.4. The molecule has 2 nitrogen and oxygen atoms in total. The Bertz CT molecular complexity index is 1090. The maximum atomic E-state index is 13.3. The lowest BCUT2D eigenvalue weighted by Gasteiger charge is -2.09. The van der Waals surface area contributed by atoms with Crippen molar-refractivity contribution in [1.82, 2.24) is 0 Å². The maximum absolute atomic E-state index is 13.3. The highest BCUT2D eigenvalue weighted by Gasteiger charge is 2.09. The quantitative estimate of drug-likeness (QED) is 0.281. The van der Waals surface area contributed by atoms with E-state index in [0.29, 0.717) is 26.9 Å². The Morgan fingerprint density at radius 2 is 1.93 bits per heavy atom. The average Bonchev–Trinajstić information content (AvgIpc) is 2.66. The predicted octanol–water partition coefficient (Wildman–Crippen LogP) is 7.54. The summed E-state index contributed by atoms with van der Waals surface area (Å²) >= 11 is 15.6. The van der Waals surface area contributed by atoms with Gasteiger partial charge in [0.15, 0.2) is 0 Å². The van der Waals surface area contributed by atoms with Crippen LogP contribution >= 0.6 is 39.1 Å². The summed E-state index contributed by atoms with van der Waals surface area (Å²) < 4.78 is 19.7. The van der Waals surface area contributed by atoms with E-state index >= 15 is 0 Å². The molecule has 0 aliphatic carbocycles. The van der Waals surface area contributed by atoms with Crippen LogP contribution in [0.25, 0.3) is 11.6 Å². The van der Waals surface area contributed by atoms with Crippen molar-refractivity contribution in [2.75, 3.05) is 0 Å². The number of rotatable bonds is 5. The summed E-state index contributed by atoms with van der Waals surface area (Å²) in [6.45, 7) is 0.245. The third-order valence-electron chi connectivity index (χ3n) is 3.89. The van der Waals surface area contributed by atoms with Gasteiger partial charge in [0, 0.05) is 10.6 Å². The molecule has 3 aromatic rings. The molecule has 0 aromatic heterocycles. The van der Waals surface area contributed by atoms with Crippen molar-refractivity contribution in [2.24, 2.45) is 0 Å². The Kier molecular flexibility index (Phi) is 6.74. The SMILES string of the molecule is N#C/C(=C\c1ccc(OCc2cccc(F)c2)c(Br)c1)c1ccc(Cl)cc1Cl. The van der Waals surface area contributed by atoms with Gasteiger partial charge in [-0.15, -0.1) is 0 Å². The number of nitriles is 1. The number of hydrogen-bond donors (Lipinski definition) is 0. The van der Waals surface area contributed by atoms with E-state index < -0.39 is 0 Å². The summed E-state index contributed by atoms with van der Waals surface area (Å²) in [5.41, 5.74) is 2.56. The summed E-state index contributed by atoms with van der Waals surface area (Å²) in [4.78, 5) is 0. The smallest absolute Gasteiger partial charge is 0.134 e. The van der Waals surface area contributed by atoms with Gasteiger partial charge >= 0.3 is 0 Å². The van der Waals surface area contributed by atoms with Crippen molar-refractivity contribution in [1.29, 1.82) is 5.26 Å². The first-order chi connectivity index (χ1) is 13.5. The Balaban J connectivity index is 1.81. The summed E-state index contributed by atoms with van der Waals surface area (Å²) in [6.07, 6.45) is 1.73. The van der Waals surface area contributed by atoms with Crippen LogP contribution in [0.15, 0.2) is 65.1 Å². The van der Waals surface area contributed by atoms with Gasteiger partial charge in [0.1, 0.15) is 18.2 Å². The molecule has 0 saturated heterocycles. The molecule has 3 rings (SSSR count). The zero-order valence-electron chi connectivity index (χ0n) is 14.4. The second-order valence-electron chi connectivity index (χ2n) is 5.90. The van der Waals surface area contributed by atoms with Crippen LogP contribution < -0.4 is 4.74 Å². The predicted molar refractivity (Wildman–Crippen MR) is 115 cm³/mol. The minimum absolute atomic E-state index is 0.245. The highest BCUT2D eigenvalue weighted by atomic mass is 79.9. The number of hydrogen-bond acceptors (Lipinski definition) is 2. The van der Waals surface area contributed by atoms with Crippen LogP contribution in [0, 0.1) is 17.1 Å². The number of nitrogens with zero attached hydrogens (tertiary/aromatic N) is 1. The van der Waals surface area contributed by atoms with E-state index in [0.717, 1.165) is 15.6 Å².